The van der Waals surface area contributed by atoms with Crippen molar-refractivity contribution in [3.8, 4) is 0 Å². The van der Waals surface area contributed by atoms with Crippen LogP contribution in [0.1, 0.15) is 41.2 Å². The van der Waals surface area contributed by atoms with Gasteiger partial charge in [0, 0.05) is 23.8 Å². The molecule has 1 aliphatic rings. The number of anilines is 2. The van der Waals surface area contributed by atoms with Gasteiger partial charge in [0.2, 0.25) is 5.91 Å². The molecular weight excluding hydrogens is 406 g/mol. The van der Waals surface area contributed by atoms with Gasteiger partial charge < -0.3 is 15.2 Å². The molecule has 1 fully saturated rings. The summed E-state index contributed by atoms with van der Waals surface area (Å²) in [6, 6.07) is 10.7. The maximum atomic E-state index is 12.3. The summed E-state index contributed by atoms with van der Waals surface area (Å²) in [4.78, 5) is 25.0. The monoisotopic (exact) mass is 427 g/mol. The molecule has 150 valence electrons. The van der Waals surface area contributed by atoms with E-state index in [0.29, 0.717) is 22.2 Å². The standard InChI is InChI=1S/C20H21N5O2S2/c1-2-25-18(13-5-6-13)23-24-20(25)29-12-17(26)21-14-7-9-15(10-8-14)22-19(27)16-4-3-11-28-16/h3-4,7-11,13H,2,5-6,12H2,1H3,(H,21,26)(H,22,27). The first-order chi connectivity index (χ1) is 14.1. The van der Waals surface area contributed by atoms with Crippen LogP contribution in [0.3, 0.4) is 0 Å². The minimum Gasteiger partial charge on any atom is -0.325 e. The lowest BCUT2D eigenvalue weighted by molar-refractivity contribution is -0.113. The van der Waals surface area contributed by atoms with Crippen LogP contribution in [-0.2, 0) is 11.3 Å². The Balaban J connectivity index is 1.29. The van der Waals surface area contributed by atoms with E-state index in [0.717, 1.165) is 17.5 Å². The van der Waals surface area contributed by atoms with Crippen LogP contribution in [0.2, 0.25) is 0 Å². The van der Waals surface area contributed by atoms with Gasteiger partial charge in [-0.05, 0) is 55.5 Å². The fourth-order valence-corrected chi connectivity index (χ4v) is 4.34. The summed E-state index contributed by atoms with van der Waals surface area (Å²) >= 11 is 2.79. The third kappa shape index (κ3) is 4.86. The Morgan fingerprint density at radius 1 is 1.14 bits per heavy atom. The highest BCUT2D eigenvalue weighted by Gasteiger charge is 2.30. The van der Waals surface area contributed by atoms with Crippen LogP contribution < -0.4 is 10.6 Å². The molecule has 1 aromatic carbocycles. The lowest BCUT2D eigenvalue weighted by Crippen LogP contribution is -2.15. The van der Waals surface area contributed by atoms with Crippen molar-refractivity contribution < 1.29 is 9.59 Å². The molecule has 0 atom stereocenters. The maximum absolute atomic E-state index is 12.3. The van der Waals surface area contributed by atoms with Gasteiger partial charge in [-0.2, -0.15) is 0 Å². The Bertz CT molecular complexity index is 995. The molecule has 2 amide bonds. The zero-order chi connectivity index (χ0) is 20.2. The van der Waals surface area contributed by atoms with Crippen molar-refractivity contribution in [2.24, 2.45) is 0 Å². The third-order valence-electron chi connectivity index (χ3n) is 4.51. The molecule has 2 heterocycles. The summed E-state index contributed by atoms with van der Waals surface area (Å²) < 4.78 is 2.10. The Kier molecular flexibility index (Phi) is 5.96. The number of thiophene rings is 1. The lowest BCUT2D eigenvalue weighted by Gasteiger charge is -2.08. The Morgan fingerprint density at radius 3 is 2.48 bits per heavy atom. The molecule has 1 saturated carbocycles. The molecule has 0 bridgehead atoms. The Hall–Kier alpha value is -2.65. The number of nitrogens with one attached hydrogen (secondary N) is 2. The van der Waals surface area contributed by atoms with Gasteiger partial charge in [-0.3, -0.25) is 9.59 Å². The van der Waals surface area contributed by atoms with Crippen molar-refractivity contribution >= 4 is 46.3 Å². The van der Waals surface area contributed by atoms with Crippen molar-refractivity contribution in [2.75, 3.05) is 16.4 Å². The van der Waals surface area contributed by atoms with E-state index in [9.17, 15) is 9.59 Å². The predicted octanol–water partition coefficient (Wildman–Crippen LogP) is 4.22. The zero-order valence-corrected chi connectivity index (χ0v) is 17.6. The van der Waals surface area contributed by atoms with E-state index in [4.69, 9.17) is 0 Å². The van der Waals surface area contributed by atoms with E-state index in [-0.39, 0.29) is 17.6 Å². The topological polar surface area (TPSA) is 88.9 Å². The van der Waals surface area contributed by atoms with E-state index in [1.54, 1.807) is 30.3 Å². The second-order valence-corrected chi connectivity index (χ2v) is 8.60. The number of amides is 2. The van der Waals surface area contributed by atoms with Crippen LogP contribution in [0, 0.1) is 0 Å². The number of hydrogen-bond donors (Lipinski definition) is 2. The van der Waals surface area contributed by atoms with Crippen molar-refractivity contribution in [1.82, 2.24) is 14.8 Å². The largest absolute Gasteiger partial charge is 0.325 e. The summed E-state index contributed by atoms with van der Waals surface area (Å²) in [6.07, 6.45) is 2.35. The van der Waals surface area contributed by atoms with Gasteiger partial charge in [-0.25, -0.2) is 0 Å². The first-order valence-electron chi connectivity index (χ1n) is 9.44. The average Bonchev–Trinajstić information content (AvgIpc) is 3.26. The number of thioether (sulfide) groups is 1. The van der Waals surface area contributed by atoms with Crippen molar-refractivity contribution in [3.63, 3.8) is 0 Å². The summed E-state index contributed by atoms with van der Waals surface area (Å²) in [5.41, 5.74) is 1.36. The molecule has 9 heteroatoms. The SMILES string of the molecule is CCn1c(SCC(=O)Nc2ccc(NC(=O)c3cccs3)cc2)nnc1C1CC1. The van der Waals surface area contributed by atoms with Gasteiger partial charge in [0.25, 0.3) is 5.91 Å². The number of aromatic nitrogens is 3. The van der Waals surface area contributed by atoms with Crippen LogP contribution in [0.15, 0.2) is 46.9 Å². The van der Waals surface area contributed by atoms with Crippen LogP contribution >= 0.6 is 23.1 Å². The molecule has 0 radical (unpaired) electrons. The van der Waals surface area contributed by atoms with Crippen LogP contribution in [0.4, 0.5) is 11.4 Å². The lowest BCUT2D eigenvalue weighted by atomic mass is 10.2. The van der Waals surface area contributed by atoms with Gasteiger partial charge in [0.05, 0.1) is 10.6 Å². The molecule has 7 nitrogen and oxygen atoms in total. The summed E-state index contributed by atoms with van der Waals surface area (Å²) in [5, 5.41) is 16.9. The van der Waals surface area contributed by atoms with Gasteiger partial charge in [0.15, 0.2) is 5.16 Å². The molecule has 4 rings (SSSR count). The fraction of sp³-hybridized carbons (Fsp3) is 0.300. The van der Waals surface area contributed by atoms with E-state index in [1.807, 2.05) is 11.4 Å². The number of carbonyl (C=O) groups excluding carboxylic acids is 2. The van der Waals surface area contributed by atoms with E-state index >= 15 is 0 Å². The second-order valence-electron chi connectivity index (χ2n) is 6.70. The van der Waals surface area contributed by atoms with E-state index in [1.165, 1.54) is 35.9 Å². The quantitative estimate of drug-likeness (QED) is 0.526. The molecule has 29 heavy (non-hydrogen) atoms. The van der Waals surface area contributed by atoms with Gasteiger partial charge >= 0.3 is 0 Å². The third-order valence-corrected chi connectivity index (χ3v) is 6.34. The molecule has 3 aromatic rings. The molecule has 0 spiro atoms. The molecular formula is C20H21N5O2S2. The van der Waals surface area contributed by atoms with Crippen LogP contribution in [-0.4, -0.2) is 32.3 Å². The highest BCUT2D eigenvalue weighted by molar-refractivity contribution is 7.99. The molecule has 0 saturated heterocycles. The highest BCUT2D eigenvalue weighted by atomic mass is 32.2. The number of benzene rings is 1. The van der Waals surface area contributed by atoms with Crippen molar-refractivity contribution in [3.05, 3.63) is 52.5 Å². The Labute approximate surface area is 176 Å². The average molecular weight is 428 g/mol. The van der Waals surface area contributed by atoms with Crippen LogP contribution in [0.5, 0.6) is 0 Å². The van der Waals surface area contributed by atoms with Crippen LogP contribution in [0.25, 0.3) is 0 Å². The van der Waals surface area contributed by atoms with Gasteiger partial charge in [-0.15, -0.1) is 21.5 Å². The summed E-state index contributed by atoms with van der Waals surface area (Å²) in [6.45, 7) is 2.87. The van der Waals surface area contributed by atoms with E-state index in [2.05, 4.69) is 32.3 Å². The number of carbonyl (C=O) groups is 2. The minimum absolute atomic E-state index is 0.107. The Morgan fingerprint density at radius 2 is 1.86 bits per heavy atom. The summed E-state index contributed by atoms with van der Waals surface area (Å²) in [7, 11) is 0. The fourth-order valence-electron chi connectivity index (χ4n) is 2.91. The number of nitrogens with zero attached hydrogens (tertiary/aromatic N) is 3. The maximum Gasteiger partial charge on any atom is 0.265 e. The normalized spacial score (nSPS) is 13.3. The number of hydrogen-bond acceptors (Lipinski definition) is 6. The van der Waals surface area contributed by atoms with E-state index < -0.39 is 0 Å². The summed E-state index contributed by atoms with van der Waals surface area (Å²) in [5.74, 6) is 1.59. The number of rotatable bonds is 8. The minimum atomic E-state index is -0.140. The first-order valence-corrected chi connectivity index (χ1v) is 11.3. The first kappa shape index (κ1) is 19.7. The smallest absolute Gasteiger partial charge is 0.265 e. The van der Waals surface area contributed by atoms with Crippen molar-refractivity contribution in [2.45, 2.75) is 37.4 Å². The molecule has 2 aromatic heterocycles. The second kappa shape index (κ2) is 8.79. The van der Waals surface area contributed by atoms with Gasteiger partial charge in [0.1, 0.15) is 5.82 Å². The zero-order valence-electron chi connectivity index (χ0n) is 15.9. The molecule has 1 aliphatic carbocycles. The molecule has 2 N–H and O–H groups in total. The molecule has 0 unspecified atom stereocenters. The van der Waals surface area contributed by atoms with Crippen molar-refractivity contribution in [1.29, 1.82) is 0 Å². The molecule has 0 aliphatic heterocycles. The predicted molar refractivity (Wildman–Crippen MR) is 116 cm³/mol. The van der Waals surface area contributed by atoms with Gasteiger partial charge in [-0.1, -0.05) is 17.8 Å². The highest BCUT2D eigenvalue weighted by Crippen LogP contribution is 2.39.